The Bertz CT molecular complexity index is 677. The third-order valence-corrected chi connectivity index (χ3v) is 3.50. The third kappa shape index (κ3) is 4.20. The Morgan fingerprint density at radius 3 is 2.71 bits per heavy atom. The van der Waals surface area contributed by atoms with Gasteiger partial charge in [0.2, 0.25) is 5.91 Å². The quantitative estimate of drug-likeness (QED) is 0.802. The molecule has 0 radical (unpaired) electrons. The van der Waals surface area contributed by atoms with Crippen molar-refractivity contribution in [3.63, 3.8) is 0 Å². The Balaban J connectivity index is 2.12. The smallest absolute Gasteiger partial charge is 0.248 e. The minimum Gasteiger partial charge on any atom is -0.322 e. The molecule has 21 heavy (non-hydrogen) atoms. The number of benzene rings is 2. The van der Waals surface area contributed by atoms with Gasteiger partial charge in [0.25, 0.3) is 0 Å². The molecule has 0 aliphatic rings. The molecule has 0 saturated heterocycles. The molecule has 2 aromatic rings. The number of para-hydroxylation sites is 1. The molecule has 1 amide bonds. The molecule has 2 aromatic carbocycles. The van der Waals surface area contributed by atoms with Crippen LogP contribution < -0.4 is 5.32 Å². The number of carbonyl (C=O) groups excluding carboxylic acids is 1. The number of hydrogen-bond donors (Lipinski definition) is 1. The minimum atomic E-state index is -0.140. The Kier molecular flexibility index (Phi) is 5.18. The van der Waals surface area contributed by atoms with Gasteiger partial charge in [-0.1, -0.05) is 48.9 Å². The van der Waals surface area contributed by atoms with Crippen LogP contribution in [0.5, 0.6) is 0 Å². The highest BCUT2D eigenvalue weighted by molar-refractivity contribution is 6.30. The molecule has 0 fully saturated rings. The number of halogens is 1. The fourth-order valence-corrected chi connectivity index (χ4v) is 2.35. The van der Waals surface area contributed by atoms with Gasteiger partial charge in [0.1, 0.15) is 0 Å². The van der Waals surface area contributed by atoms with E-state index in [0.717, 1.165) is 28.8 Å². The van der Waals surface area contributed by atoms with E-state index in [1.54, 1.807) is 12.1 Å². The normalized spacial score (nSPS) is 10.8. The van der Waals surface area contributed by atoms with E-state index in [2.05, 4.69) is 12.2 Å². The van der Waals surface area contributed by atoms with Gasteiger partial charge in [0.15, 0.2) is 0 Å². The SMILES string of the molecule is CCc1cccc(C)c1NC(=O)C=Cc1cccc(Cl)c1. The fourth-order valence-electron chi connectivity index (χ4n) is 2.15. The molecule has 0 unspecified atom stereocenters. The summed E-state index contributed by atoms with van der Waals surface area (Å²) >= 11 is 5.92. The largest absolute Gasteiger partial charge is 0.322 e. The summed E-state index contributed by atoms with van der Waals surface area (Å²) in [7, 11) is 0. The molecule has 108 valence electrons. The van der Waals surface area contributed by atoms with E-state index in [4.69, 9.17) is 11.6 Å². The van der Waals surface area contributed by atoms with E-state index < -0.39 is 0 Å². The lowest BCUT2D eigenvalue weighted by atomic mass is 10.1. The van der Waals surface area contributed by atoms with Crippen LogP contribution in [-0.4, -0.2) is 5.91 Å². The van der Waals surface area contributed by atoms with Crippen molar-refractivity contribution < 1.29 is 4.79 Å². The van der Waals surface area contributed by atoms with Crippen molar-refractivity contribution in [1.29, 1.82) is 0 Å². The van der Waals surface area contributed by atoms with E-state index in [-0.39, 0.29) is 5.91 Å². The highest BCUT2D eigenvalue weighted by Crippen LogP contribution is 2.21. The van der Waals surface area contributed by atoms with Crippen molar-refractivity contribution in [1.82, 2.24) is 0 Å². The lowest BCUT2D eigenvalue weighted by Crippen LogP contribution is -2.11. The van der Waals surface area contributed by atoms with E-state index in [1.807, 2.05) is 43.3 Å². The summed E-state index contributed by atoms with van der Waals surface area (Å²) in [6.45, 7) is 4.07. The van der Waals surface area contributed by atoms with E-state index in [1.165, 1.54) is 6.08 Å². The molecule has 0 heterocycles. The molecule has 0 bridgehead atoms. The zero-order valence-corrected chi connectivity index (χ0v) is 12.9. The van der Waals surface area contributed by atoms with Gasteiger partial charge in [-0.3, -0.25) is 4.79 Å². The Morgan fingerprint density at radius 1 is 1.24 bits per heavy atom. The number of rotatable bonds is 4. The van der Waals surface area contributed by atoms with Crippen molar-refractivity contribution >= 4 is 29.3 Å². The van der Waals surface area contributed by atoms with Crippen LogP contribution in [0.2, 0.25) is 5.02 Å². The van der Waals surface area contributed by atoms with Crippen LogP contribution in [-0.2, 0) is 11.2 Å². The molecule has 0 aliphatic carbocycles. The van der Waals surface area contributed by atoms with Crippen molar-refractivity contribution in [3.05, 3.63) is 70.3 Å². The van der Waals surface area contributed by atoms with Crippen molar-refractivity contribution in [3.8, 4) is 0 Å². The average Bonchev–Trinajstić information content (AvgIpc) is 2.47. The number of nitrogens with one attached hydrogen (secondary N) is 1. The molecule has 1 N–H and O–H groups in total. The Labute approximate surface area is 130 Å². The van der Waals surface area contributed by atoms with Crippen LogP contribution in [0.15, 0.2) is 48.5 Å². The molecule has 0 aromatic heterocycles. The zero-order valence-electron chi connectivity index (χ0n) is 12.2. The highest BCUT2D eigenvalue weighted by Gasteiger charge is 2.06. The summed E-state index contributed by atoms with van der Waals surface area (Å²) in [6, 6.07) is 13.4. The van der Waals surface area contributed by atoms with Gasteiger partial charge in [-0.15, -0.1) is 0 Å². The maximum Gasteiger partial charge on any atom is 0.248 e. The van der Waals surface area contributed by atoms with Crippen LogP contribution in [0.3, 0.4) is 0 Å². The molecule has 0 atom stereocenters. The highest BCUT2D eigenvalue weighted by atomic mass is 35.5. The van der Waals surface area contributed by atoms with Crippen LogP contribution in [0.1, 0.15) is 23.6 Å². The summed E-state index contributed by atoms with van der Waals surface area (Å²) in [4.78, 5) is 12.1. The summed E-state index contributed by atoms with van der Waals surface area (Å²) < 4.78 is 0. The van der Waals surface area contributed by atoms with Gasteiger partial charge in [0.05, 0.1) is 0 Å². The average molecular weight is 300 g/mol. The van der Waals surface area contributed by atoms with Gasteiger partial charge in [-0.05, 0) is 48.2 Å². The van der Waals surface area contributed by atoms with Crippen LogP contribution >= 0.6 is 11.6 Å². The molecule has 2 rings (SSSR count). The molecular formula is C18H18ClNO. The number of carbonyl (C=O) groups is 1. The molecular weight excluding hydrogens is 282 g/mol. The number of anilines is 1. The topological polar surface area (TPSA) is 29.1 Å². The summed E-state index contributed by atoms with van der Waals surface area (Å²) in [5.41, 5.74) is 4.01. The summed E-state index contributed by atoms with van der Waals surface area (Å²) in [5.74, 6) is -0.140. The molecule has 0 aliphatic heterocycles. The first-order valence-corrected chi connectivity index (χ1v) is 7.31. The predicted molar refractivity (Wildman–Crippen MR) is 89.7 cm³/mol. The van der Waals surface area contributed by atoms with E-state index in [9.17, 15) is 4.79 Å². The third-order valence-electron chi connectivity index (χ3n) is 3.26. The monoisotopic (exact) mass is 299 g/mol. The molecule has 3 heteroatoms. The molecule has 2 nitrogen and oxygen atoms in total. The first-order valence-electron chi connectivity index (χ1n) is 6.93. The van der Waals surface area contributed by atoms with Crippen molar-refractivity contribution in [2.24, 2.45) is 0 Å². The second-order valence-electron chi connectivity index (χ2n) is 4.84. The van der Waals surface area contributed by atoms with Crippen LogP contribution in [0.4, 0.5) is 5.69 Å². The lowest BCUT2D eigenvalue weighted by molar-refractivity contribution is -0.111. The van der Waals surface area contributed by atoms with E-state index >= 15 is 0 Å². The first-order chi connectivity index (χ1) is 10.1. The second-order valence-corrected chi connectivity index (χ2v) is 5.28. The molecule has 0 saturated carbocycles. The maximum atomic E-state index is 12.1. The summed E-state index contributed by atoms with van der Waals surface area (Å²) in [6.07, 6.45) is 4.16. The van der Waals surface area contributed by atoms with E-state index in [0.29, 0.717) is 5.02 Å². The lowest BCUT2D eigenvalue weighted by Gasteiger charge is -2.11. The van der Waals surface area contributed by atoms with Crippen molar-refractivity contribution in [2.45, 2.75) is 20.3 Å². The summed E-state index contributed by atoms with van der Waals surface area (Å²) in [5, 5.41) is 3.61. The fraction of sp³-hybridized carbons (Fsp3) is 0.167. The van der Waals surface area contributed by atoms with Gasteiger partial charge < -0.3 is 5.32 Å². The standard InChI is InChI=1S/C18H18ClNO/c1-3-15-8-4-6-13(2)18(15)20-17(21)11-10-14-7-5-9-16(19)12-14/h4-12H,3H2,1-2H3,(H,20,21). The maximum absolute atomic E-state index is 12.1. The van der Waals surface area contributed by atoms with Gasteiger partial charge >= 0.3 is 0 Å². The predicted octanol–water partition coefficient (Wildman–Crippen LogP) is 4.86. The zero-order chi connectivity index (χ0) is 15.2. The van der Waals surface area contributed by atoms with Crippen molar-refractivity contribution in [2.75, 3.05) is 5.32 Å². The first kappa shape index (κ1) is 15.3. The Morgan fingerprint density at radius 2 is 2.00 bits per heavy atom. The number of hydrogen-bond acceptors (Lipinski definition) is 1. The van der Waals surface area contributed by atoms with Gasteiger partial charge in [-0.25, -0.2) is 0 Å². The minimum absolute atomic E-state index is 0.140. The van der Waals surface area contributed by atoms with Crippen LogP contribution in [0, 0.1) is 6.92 Å². The van der Waals surface area contributed by atoms with Crippen LogP contribution in [0.25, 0.3) is 6.08 Å². The van der Waals surface area contributed by atoms with Gasteiger partial charge in [-0.2, -0.15) is 0 Å². The van der Waals surface area contributed by atoms with Gasteiger partial charge in [0, 0.05) is 16.8 Å². The molecule has 0 spiro atoms. The Hall–Kier alpha value is -2.06. The number of aryl methyl sites for hydroxylation is 2. The number of amides is 1. The second kappa shape index (κ2) is 7.09.